The molecule has 2 aliphatic rings. The number of hydrogen-bond donors (Lipinski definition) is 1. The quantitative estimate of drug-likeness (QED) is 0.500. The van der Waals surface area contributed by atoms with Crippen LogP contribution < -0.4 is 5.32 Å². The molecule has 0 radical (unpaired) electrons. The van der Waals surface area contributed by atoms with Crippen molar-refractivity contribution in [2.24, 2.45) is 5.92 Å². The van der Waals surface area contributed by atoms with Crippen molar-refractivity contribution >= 4 is 27.3 Å². The maximum Gasteiger partial charge on any atom is 0.420 e. The summed E-state index contributed by atoms with van der Waals surface area (Å²) in [6.45, 7) is 1.12. The van der Waals surface area contributed by atoms with Crippen molar-refractivity contribution in [3.05, 3.63) is 59.2 Å². The fourth-order valence-electron chi connectivity index (χ4n) is 4.58. The van der Waals surface area contributed by atoms with Crippen molar-refractivity contribution in [3.63, 3.8) is 0 Å². The molecule has 7 nitrogen and oxygen atoms in total. The molecule has 0 saturated heterocycles. The smallest absolute Gasteiger partial charge is 0.324 e. The van der Waals surface area contributed by atoms with Gasteiger partial charge in [0.2, 0.25) is 5.91 Å². The van der Waals surface area contributed by atoms with Gasteiger partial charge in [0.15, 0.2) is 9.84 Å². The zero-order chi connectivity index (χ0) is 29.0. The lowest BCUT2D eigenvalue weighted by Gasteiger charge is -2.31. The van der Waals surface area contributed by atoms with Gasteiger partial charge in [-0.25, -0.2) is 8.42 Å². The molecule has 1 fully saturated rings. The zero-order valence-electron chi connectivity index (χ0n) is 20.2. The fourth-order valence-corrected chi connectivity index (χ4v) is 6.33. The van der Waals surface area contributed by atoms with Gasteiger partial charge in [-0.15, -0.1) is 0 Å². The molecule has 2 amide bonds. The van der Waals surface area contributed by atoms with Crippen molar-refractivity contribution in [2.45, 2.75) is 55.0 Å². The van der Waals surface area contributed by atoms with E-state index in [9.17, 15) is 44.3 Å². The molecule has 1 aliphatic heterocycles. The molecule has 1 heterocycles. The lowest BCUT2D eigenvalue weighted by Crippen LogP contribution is -2.52. The molecule has 0 spiro atoms. The monoisotopic (exact) mass is 573 g/mol. The number of halogens is 6. The number of carbonyl (C=O) groups excluding carboxylic acids is 2. The topological polar surface area (TPSA) is 107 Å². The molecule has 1 saturated carbocycles. The lowest BCUT2D eigenvalue weighted by atomic mass is 9.80. The van der Waals surface area contributed by atoms with Crippen LogP contribution in [-0.2, 0) is 31.4 Å². The van der Waals surface area contributed by atoms with Crippen LogP contribution >= 0.6 is 0 Å². The van der Waals surface area contributed by atoms with Crippen LogP contribution in [0.5, 0.6) is 0 Å². The summed E-state index contributed by atoms with van der Waals surface area (Å²) in [6, 6.07) is 5.76. The van der Waals surface area contributed by atoms with Crippen molar-refractivity contribution in [1.29, 1.82) is 5.26 Å². The van der Waals surface area contributed by atoms with Crippen LogP contribution in [0, 0.1) is 17.2 Å². The Balaban J connectivity index is 1.61. The van der Waals surface area contributed by atoms with E-state index in [1.165, 1.54) is 30.0 Å². The van der Waals surface area contributed by atoms with E-state index in [1.807, 2.05) is 0 Å². The second kappa shape index (κ2) is 9.55. The number of nitriles is 1. The molecule has 1 N–H and O–H groups in total. The summed E-state index contributed by atoms with van der Waals surface area (Å²) in [5.41, 5.74) is -5.57. The molecular formula is C25H21F6N3O4S. The van der Waals surface area contributed by atoms with Gasteiger partial charge in [0.05, 0.1) is 16.7 Å². The third-order valence-corrected chi connectivity index (χ3v) is 8.71. The van der Waals surface area contributed by atoms with Crippen LogP contribution in [0.25, 0.3) is 0 Å². The van der Waals surface area contributed by atoms with E-state index in [-0.39, 0.29) is 28.8 Å². The van der Waals surface area contributed by atoms with E-state index < -0.39 is 51.0 Å². The van der Waals surface area contributed by atoms with E-state index in [2.05, 4.69) is 5.32 Å². The van der Waals surface area contributed by atoms with Crippen molar-refractivity contribution in [3.8, 4) is 6.07 Å². The Bertz CT molecular complexity index is 1440. The minimum Gasteiger partial charge on any atom is -0.324 e. The summed E-state index contributed by atoms with van der Waals surface area (Å²) in [4.78, 5) is 26.7. The van der Waals surface area contributed by atoms with E-state index >= 15 is 0 Å². The number of fused-ring (bicyclic) bond motifs is 1. The summed E-state index contributed by atoms with van der Waals surface area (Å²) < 4.78 is 106. The Morgan fingerprint density at radius 2 is 1.62 bits per heavy atom. The number of anilines is 1. The number of benzene rings is 2. The Kier molecular flexibility index (Phi) is 6.95. The molecule has 1 atom stereocenters. The summed E-state index contributed by atoms with van der Waals surface area (Å²) in [5.74, 6) is -1.23. The number of hydrogen-bond acceptors (Lipinski definition) is 5. The van der Waals surface area contributed by atoms with Gasteiger partial charge in [-0.1, -0.05) is 18.2 Å². The highest BCUT2D eigenvalue weighted by Gasteiger charge is 2.72. The average molecular weight is 574 g/mol. The first-order valence-corrected chi connectivity index (χ1v) is 13.3. The number of amides is 2. The Hall–Kier alpha value is -3.60. The van der Waals surface area contributed by atoms with Gasteiger partial charge in [-0.3, -0.25) is 9.59 Å². The number of carbonyl (C=O) groups is 2. The molecule has 2 aromatic carbocycles. The van der Waals surface area contributed by atoms with Gasteiger partial charge in [-0.05, 0) is 59.7 Å². The van der Waals surface area contributed by atoms with Crippen LogP contribution in [0.1, 0.15) is 42.5 Å². The van der Waals surface area contributed by atoms with Crippen molar-refractivity contribution in [2.75, 3.05) is 11.1 Å². The highest BCUT2D eigenvalue weighted by molar-refractivity contribution is 7.91. The molecule has 208 valence electrons. The maximum absolute atomic E-state index is 13.4. The number of alkyl halides is 6. The van der Waals surface area contributed by atoms with Gasteiger partial charge in [0.25, 0.3) is 11.3 Å². The molecule has 2 aromatic rings. The van der Waals surface area contributed by atoms with Crippen LogP contribution in [0.3, 0.4) is 0 Å². The Morgan fingerprint density at radius 1 is 1.03 bits per heavy atom. The number of sulfone groups is 1. The highest BCUT2D eigenvalue weighted by atomic mass is 32.2. The van der Waals surface area contributed by atoms with Gasteiger partial charge < -0.3 is 10.2 Å². The SMILES string of the molecule is CC(=O)N1Cc2cc(S(=O)(=O)CC3CC3)ccc2C1C(=O)Nc1ccc(C(C#N)(C(F)(F)F)C(F)(F)F)cc1. The van der Waals surface area contributed by atoms with Crippen molar-refractivity contribution in [1.82, 2.24) is 4.90 Å². The summed E-state index contributed by atoms with van der Waals surface area (Å²) in [5, 5.41) is 11.3. The van der Waals surface area contributed by atoms with Gasteiger partial charge >= 0.3 is 12.4 Å². The lowest BCUT2D eigenvalue weighted by molar-refractivity contribution is -0.283. The van der Waals surface area contributed by atoms with Gasteiger partial charge in [-0.2, -0.15) is 31.6 Å². The molecular weight excluding hydrogens is 552 g/mol. The Morgan fingerprint density at radius 3 is 2.10 bits per heavy atom. The molecule has 0 aromatic heterocycles. The normalized spacial score (nSPS) is 17.9. The number of nitrogens with zero attached hydrogens (tertiary/aromatic N) is 2. The predicted octanol–water partition coefficient (Wildman–Crippen LogP) is 4.80. The molecule has 1 unspecified atom stereocenters. The van der Waals surface area contributed by atoms with Crippen LogP contribution in [0.4, 0.5) is 32.0 Å². The fraction of sp³-hybridized carbons (Fsp3) is 0.400. The largest absolute Gasteiger partial charge is 0.420 e. The standard InChI is InChI=1S/C25H21F6N3O4S/c1-14(35)34-11-16-10-19(39(37,38)12-15-2-3-15)8-9-20(16)21(34)22(36)33-18-6-4-17(5-7-18)23(13-32,24(26,27)28)25(29,30)31/h4-10,15,21H,2-3,11-12H2,1H3,(H,33,36). The maximum atomic E-state index is 13.4. The molecule has 4 rings (SSSR count). The minimum absolute atomic E-state index is 0.00210. The van der Waals surface area contributed by atoms with Crippen LogP contribution in [0.15, 0.2) is 47.4 Å². The number of rotatable bonds is 6. The summed E-state index contributed by atoms with van der Waals surface area (Å²) in [6.07, 6.45) is -10.3. The Labute approximate surface area is 219 Å². The summed E-state index contributed by atoms with van der Waals surface area (Å²) >= 11 is 0. The predicted molar refractivity (Wildman–Crippen MR) is 125 cm³/mol. The third-order valence-electron chi connectivity index (χ3n) is 6.83. The highest BCUT2D eigenvalue weighted by Crippen LogP contribution is 2.51. The number of nitrogens with one attached hydrogen (secondary N) is 1. The van der Waals surface area contributed by atoms with E-state index in [0.717, 1.165) is 25.0 Å². The van der Waals surface area contributed by atoms with Crippen LogP contribution in [0.2, 0.25) is 0 Å². The van der Waals surface area contributed by atoms with E-state index in [0.29, 0.717) is 29.3 Å². The summed E-state index contributed by atoms with van der Waals surface area (Å²) in [7, 11) is -3.57. The first kappa shape index (κ1) is 28.4. The first-order chi connectivity index (χ1) is 18.0. The van der Waals surface area contributed by atoms with Crippen molar-refractivity contribution < 1.29 is 44.3 Å². The van der Waals surface area contributed by atoms with Crippen LogP contribution in [-0.4, -0.2) is 43.2 Å². The van der Waals surface area contributed by atoms with Gasteiger partial charge in [0, 0.05) is 19.2 Å². The molecule has 1 aliphatic carbocycles. The minimum atomic E-state index is -5.97. The van der Waals surface area contributed by atoms with E-state index in [4.69, 9.17) is 5.26 Å². The third kappa shape index (κ3) is 5.07. The van der Waals surface area contributed by atoms with E-state index in [1.54, 1.807) is 0 Å². The molecule has 14 heteroatoms. The first-order valence-electron chi connectivity index (χ1n) is 11.6. The molecule has 39 heavy (non-hydrogen) atoms. The second-order valence-electron chi connectivity index (χ2n) is 9.56. The zero-order valence-corrected chi connectivity index (χ0v) is 21.0. The average Bonchev–Trinajstić information content (AvgIpc) is 3.53. The van der Waals surface area contributed by atoms with Gasteiger partial charge in [0.1, 0.15) is 6.04 Å². The molecule has 0 bridgehead atoms. The second-order valence-corrected chi connectivity index (χ2v) is 11.6.